The van der Waals surface area contributed by atoms with Gasteiger partial charge in [0.25, 0.3) is 0 Å². The second-order valence-electron chi connectivity index (χ2n) is 5.71. The molecular formula is C13H20O6. The Labute approximate surface area is 112 Å². The molecule has 3 rings (SSSR count). The Morgan fingerprint density at radius 1 is 1.32 bits per heavy atom. The predicted molar refractivity (Wildman–Crippen MR) is 63.2 cm³/mol. The number of hydrogen-bond acceptors (Lipinski definition) is 6. The van der Waals surface area contributed by atoms with E-state index >= 15 is 0 Å². The van der Waals surface area contributed by atoms with Crippen LogP contribution < -0.4 is 0 Å². The first-order valence-corrected chi connectivity index (χ1v) is 6.66. The molecule has 108 valence electrons. The van der Waals surface area contributed by atoms with E-state index in [1.807, 2.05) is 13.8 Å². The summed E-state index contributed by atoms with van der Waals surface area (Å²) in [4.78, 5) is 11.9. The predicted octanol–water partition coefficient (Wildman–Crippen LogP) is 0.831. The quantitative estimate of drug-likeness (QED) is 0.709. The molecule has 1 aliphatic carbocycles. The second-order valence-corrected chi connectivity index (χ2v) is 5.71. The molecular weight excluding hydrogens is 252 g/mol. The number of rotatable bonds is 3. The Balaban J connectivity index is 1.79. The van der Waals surface area contributed by atoms with Crippen LogP contribution in [0.3, 0.4) is 0 Å². The summed E-state index contributed by atoms with van der Waals surface area (Å²) in [7, 11) is 1.57. The summed E-state index contributed by atoms with van der Waals surface area (Å²) in [6.45, 7) is 5.87. The fraction of sp³-hybridized carbons (Fsp3) is 0.923. The van der Waals surface area contributed by atoms with Gasteiger partial charge in [0, 0.05) is 7.11 Å². The van der Waals surface area contributed by atoms with Gasteiger partial charge in [0.15, 0.2) is 12.1 Å². The van der Waals surface area contributed by atoms with Crippen LogP contribution in [0.15, 0.2) is 0 Å². The van der Waals surface area contributed by atoms with Crippen molar-refractivity contribution in [2.45, 2.75) is 57.1 Å². The third kappa shape index (κ3) is 1.89. The van der Waals surface area contributed by atoms with Crippen LogP contribution >= 0.6 is 0 Å². The molecule has 6 nitrogen and oxygen atoms in total. The minimum absolute atomic E-state index is 0.230. The van der Waals surface area contributed by atoms with E-state index in [1.165, 1.54) is 0 Å². The first kappa shape index (κ1) is 13.3. The third-order valence-corrected chi connectivity index (χ3v) is 3.97. The van der Waals surface area contributed by atoms with Crippen LogP contribution in [-0.2, 0) is 28.5 Å². The Morgan fingerprint density at radius 3 is 2.68 bits per heavy atom. The molecule has 0 aromatic carbocycles. The Bertz CT molecular complexity index is 395. The van der Waals surface area contributed by atoms with Crippen molar-refractivity contribution in [3.63, 3.8) is 0 Å². The molecule has 5 atom stereocenters. The number of carbonyl (C=O) groups excluding carboxylic acids is 1. The molecule has 6 heteroatoms. The highest BCUT2D eigenvalue weighted by Gasteiger charge is 2.76. The van der Waals surface area contributed by atoms with Gasteiger partial charge in [0.2, 0.25) is 0 Å². The number of esters is 1. The zero-order chi connectivity index (χ0) is 13.8. The molecule has 0 radical (unpaired) electrons. The maximum atomic E-state index is 11.9. The molecule has 0 amide bonds. The van der Waals surface area contributed by atoms with Crippen LogP contribution in [0, 0.1) is 5.92 Å². The number of hydrogen-bond donors (Lipinski definition) is 0. The van der Waals surface area contributed by atoms with E-state index in [2.05, 4.69) is 0 Å². The average molecular weight is 272 g/mol. The molecule has 3 aliphatic rings. The van der Waals surface area contributed by atoms with Crippen molar-refractivity contribution in [2.75, 3.05) is 13.7 Å². The van der Waals surface area contributed by atoms with Crippen molar-refractivity contribution in [1.29, 1.82) is 0 Å². The maximum absolute atomic E-state index is 11.9. The number of carbonyl (C=O) groups is 1. The van der Waals surface area contributed by atoms with Crippen LogP contribution in [0.25, 0.3) is 0 Å². The van der Waals surface area contributed by atoms with Crippen molar-refractivity contribution in [2.24, 2.45) is 5.92 Å². The molecule has 2 saturated heterocycles. The molecule has 0 aromatic heterocycles. The first-order chi connectivity index (χ1) is 8.93. The fourth-order valence-electron chi connectivity index (χ4n) is 3.13. The van der Waals surface area contributed by atoms with Crippen molar-refractivity contribution in [3.8, 4) is 0 Å². The molecule has 1 spiro atoms. The van der Waals surface area contributed by atoms with Gasteiger partial charge in [0.1, 0.15) is 17.8 Å². The SMILES string of the molecule is CCOC(=O)C1CC12O[C@@H](OC)[C@@H]1OC(C)(C)O[C@@H]12. The molecule has 0 bridgehead atoms. The number of methoxy groups -OCH3 is 1. The average Bonchev–Trinajstić information content (AvgIpc) is 2.89. The Hall–Kier alpha value is -0.690. The molecule has 2 heterocycles. The van der Waals surface area contributed by atoms with Crippen LogP contribution in [-0.4, -0.2) is 49.6 Å². The Kier molecular flexibility index (Phi) is 2.91. The summed E-state index contributed by atoms with van der Waals surface area (Å²) in [5.41, 5.74) is -0.634. The standard InChI is InChI=1S/C13H20O6/c1-5-16-10(14)7-6-13(7)9-8(11(15-4)19-13)17-12(2,3)18-9/h7-9,11H,5-6H2,1-4H3/t7?,8-,9+,11-,13?/m1/s1. The lowest BCUT2D eigenvalue weighted by Gasteiger charge is -2.23. The van der Waals surface area contributed by atoms with Gasteiger partial charge in [-0.2, -0.15) is 0 Å². The lowest BCUT2D eigenvalue weighted by Crippen LogP contribution is -2.34. The number of ether oxygens (including phenoxy) is 5. The minimum Gasteiger partial charge on any atom is -0.466 e. The van der Waals surface area contributed by atoms with Crippen LogP contribution in [0.5, 0.6) is 0 Å². The Morgan fingerprint density at radius 2 is 2.05 bits per heavy atom. The zero-order valence-corrected chi connectivity index (χ0v) is 11.7. The maximum Gasteiger partial charge on any atom is 0.312 e. The lowest BCUT2D eigenvalue weighted by atomic mass is 10.1. The van der Waals surface area contributed by atoms with E-state index in [1.54, 1.807) is 14.0 Å². The van der Waals surface area contributed by atoms with Gasteiger partial charge in [-0.3, -0.25) is 4.79 Å². The summed E-state index contributed by atoms with van der Waals surface area (Å²) < 4.78 is 28.0. The highest BCUT2D eigenvalue weighted by Crippen LogP contribution is 2.60. The lowest BCUT2D eigenvalue weighted by molar-refractivity contribution is -0.235. The van der Waals surface area contributed by atoms with Crippen molar-refractivity contribution >= 4 is 5.97 Å². The van der Waals surface area contributed by atoms with Crippen molar-refractivity contribution < 1.29 is 28.5 Å². The molecule has 2 aliphatic heterocycles. The van der Waals surface area contributed by atoms with Crippen molar-refractivity contribution in [3.05, 3.63) is 0 Å². The van der Waals surface area contributed by atoms with E-state index in [9.17, 15) is 4.79 Å². The molecule has 19 heavy (non-hydrogen) atoms. The smallest absolute Gasteiger partial charge is 0.312 e. The van der Waals surface area contributed by atoms with Gasteiger partial charge in [-0.05, 0) is 27.2 Å². The zero-order valence-electron chi connectivity index (χ0n) is 11.7. The first-order valence-electron chi connectivity index (χ1n) is 6.66. The van der Waals surface area contributed by atoms with Crippen LogP contribution in [0.1, 0.15) is 27.2 Å². The van der Waals surface area contributed by atoms with Gasteiger partial charge in [-0.25, -0.2) is 0 Å². The summed E-state index contributed by atoms with van der Waals surface area (Å²) in [6.07, 6.45) is -0.459. The fourth-order valence-corrected chi connectivity index (χ4v) is 3.13. The summed E-state index contributed by atoms with van der Waals surface area (Å²) in [5.74, 6) is -1.19. The monoisotopic (exact) mass is 272 g/mol. The van der Waals surface area contributed by atoms with Gasteiger partial charge >= 0.3 is 5.97 Å². The summed E-state index contributed by atoms with van der Waals surface area (Å²) in [5, 5.41) is 0. The van der Waals surface area contributed by atoms with E-state index in [-0.39, 0.29) is 24.1 Å². The second kappa shape index (κ2) is 4.15. The summed E-state index contributed by atoms with van der Waals surface area (Å²) in [6, 6.07) is 0. The van der Waals surface area contributed by atoms with Crippen LogP contribution in [0.2, 0.25) is 0 Å². The molecule has 0 N–H and O–H groups in total. The van der Waals surface area contributed by atoms with Gasteiger partial charge in [-0.15, -0.1) is 0 Å². The van der Waals surface area contributed by atoms with Crippen molar-refractivity contribution in [1.82, 2.24) is 0 Å². The van der Waals surface area contributed by atoms with E-state index in [4.69, 9.17) is 23.7 Å². The number of fused-ring (bicyclic) bond motifs is 2. The van der Waals surface area contributed by atoms with E-state index < -0.39 is 17.7 Å². The van der Waals surface area contributed by atoms with Crippen LogP contribution in [0.4, 0.5) is 0 Å². The topological polar surface area (TPSA) is 63.2 Å². The molecule has 3 fully saturated rings. The van der Waals surface area contributed by atoms with Gasteiger partial charge in [0.05, 0.1) is 12.5 Å². The minimum atomic E-state index is -0.676. The van der Waals surface area contributed by atoms with E-state index in [0.29, 0.717) is 13.0 Å². The summed E-state index contributed by atoms with van der Waals surface area (Å²) >= 11 is 0. The van der Waals surface area contributed by atoms with Gasteiger partial charge < -0.3 is 23.7 Å². The molecule has 2 unspecified atom stereocenters. The highest BCUT2D eigenvalue weighted by atomic mass is 16.8. The molecule has 1 saturated carbocycles. The van der Waals surface area contributed by atoms with Gasteiger partial charge in [-0.1, -0.05) is 0 Å². The third-order valence-electron chi connectivity index (χ3n) is 3.97. The highest BCUT2D eigenvalue weighted by molar-refractivity contribution is 5.78. The normalized spacial score (nSPS) is 46.3. The largest absolute Gasteiger partial charge is 0.466 e. The van der Waals surface area contributed by atoms with E-state index in [0.717, 1.165) is 0 Å². The molecule has 0 aromatic rings.